The topological polar surface area (TPSA) is 93.5 Å². The quantitative estimate of drug-likeness (QED) is 0.449. The number of nitrogens with one attached hydrogen (secondary N) is 1. The van der Waals surface area contributed by atoms with Gasteiger partial charge in [-0.2, -0.15) is 0 Å². The van der Waals surface area contributed by atoms with Crippen molar-refractivity contribution in [1.29, 1.82) is 0 Å². The van der Waals surface area contributed by atoms with Crippen LogP contribution in [0, 0.1) is 6.92 Å². The van der Waals surface area contributed by atoms with Crippen molar-refractivity contribution in [3.05, 3.63) is 103 Å². The molecule has 0 saturated carbocycles. The lowest BCUT2D eigenvalue weighted by Crippen LogP contribution is -2.50. The number of benzene rings is 3. The fourth-order valence-electron chi connectivity index (χ4n) is 4.01. The number of amides is 1. The minimum Gasteiger partial charge on any atom is -0.476 e. The lowest BCUT2D eigenvalue weighted by atomic mass is 10.1. The van der Waals surface area contributed by atoms with Gasteiger partial charge in [0.15, 0.2) is 6.10 Å². The number of nitrogens with zero attached hydrogens (tertiary/aromatic N) is 3. The minimum atomic E-state index is -3.90. The molecule has 4 aromatic rings. The van der Waals surface area contributed by atoms with Gasteiger partial charge in [-0.1, -0.05) is 48.0 Å². The van der Waals surface area contributed by atoms with Gasteiger partial charge in [0.05, 0.1) is 29.1 Å². The molecule has 0 fully saturated rings. The number of aromatic nitrogens is 2. The number of imidazole rings is 1. The number of hydrogen-bond acceptors (Lipinski definition) is 5. The molecule has 0 radical (unpaired) electrons. The predicted molar refractivity (Wildman–Crippen MR) is 132 cm³/mol. The minimum absolute atomic E-state index is 0.137. The van der Waals surface area contributed by atoms with Crippen molar-refractivity contribution in [3.63, 3.8) is 0 Å². The second kappa shape index (κ2) is 9.27. The van der Waals surface area contributed by atoms with Crippen LogP contribution in [0.5, 0.6) is 5.75 Å². The number of fused-ring (bicyclic) bond motifs is 1. The average molecular weight is 489 g/mol. The number of sulfonamides is 1. The van der Waals surface area contributed by atoms with Gasteiger partial charge in [-0.25, -0.2) is 13.4 Å². The first kappa shape index (κ1) is 22.7. The van der Waals surface area contributed by atoms with Gasteiger partial charge in [-0.3, -0.25) is 9.10 Å². The summed E-state index contributed by atoms with van der Waals surface area (Å²) in [4.78, 5) is 17.4. The van der Waals surface area contributed by atoms with Gasteiger partial charge in [0, 0.05) is 18.9 Å². The van der Waals surface area contributed by atoms with Crippen molar-refractivity contribution in [2.24, 2.45) is 0 Å². The molecule has 0 saturated heterocycles. The number of aryl methyl sites for hydroxylation is 1. The van der Waals surface area contributed by atoms with E-state index in [0.29, 0.717) is 11.4 Å². The molecule has 1 atom stereocenters. The first-order chi connectivity index (χ1) is 16.9. The van der Waals surface area contributed by atoms with E-state index in [0.717, 1.165) is 16.8 Å². The van der Waals surface area contributed by atoms with Crippen LogP contribution in [0.3, 0.4) is 0 Å². The number of para-hydroxylation sites is 3. The molecular formula is C26H24N4O4S. The smallest absolute Gasteiger partial charge is 0.264 e. The van der Waals surface area contributed by atoms with Gasteiger partial charge in [0.25, 0.3) is 15.9 Å². The number of anilines is 1. The van der Waals surface area contributed by atoms with Crippen molar-refractivity contribution in [2.75, 3.05) is 10.8 Å². The number of carbonyl (C=O) groups is 1. The molecule has 178 valence electrons. The van der Waals surface area contributed by atoms with Gasteiger partial charge in [0.2, 0.25) is 0 Å². The molecule has 1 aliphatic heterocycles. The molecule has 0 unspecified atom stereocenters. The molecule has 1 aromatic heterocycles. The highest BCUT2D eigenvalue weighted by Crippen LogP contribution is 2.36. The molecule has 1 amide bonds. The maximum Gasteiger partial charge on any atom is 0.264 e. The highest BCUT2D eigenvalue weighted by molar-refractivity contribution is 7.92. The molecule has 1 N–H and O–H groups in total. The molecule has 1 aliphatic rings. The molecule has 8 nitrogen and oxygen atoms in total. The van der Waals surface area contributed by atoms with Gasteiger partial charge < -0.3 is 14.6 Å². The molecule has 2 heterocycles. The van der Waals surface area contributed by atoms with Crippen LogP contribution < -0.4 is 14.4 Å². The van der Waals surface area contributed by atoms with E-state index in [2.05, 4.69) is 10.3 Å². The van der Waals surface area contributed by atoms with Crippen LogP contribution in [0.4, 0.5) is 5.69 Å². The Morgan fingerprint density at radius 1 is 1.03 bits per heavy atom. The Bertz CT molecular complexity index is 1450. The Balaban J connectivity index is 1.39. The van der Waals surface area contributed by atoms with E-state index in [4.69, 9.17) is 4.74 Å². The maximum atomic E-state index is 13.5. The molecule has 0 spiro atoms. The summed E-state index contributed by atoms with van der Waals surface area (Å²) in [7, 11) is -3.90. The highest BCUT2D eigenvalue weighted by atomic mass is 32.2. The van der Waals surface area contributed by atoms with Crippen LogP contribution in [-0.2, 0) is 21.4 Å². The standard InChI is InChI=1S/C26H24N4O4S/c1-19-10-12-21(13-11-19)35(32,33)30-17-25(34-24-9-5-4-8-23(24)30)26(31)28-16-20-6-2-3-7-22(20)29-15-14-27-18-29/h2-15,18,25H,16-17H2,1H3,(H,28,31)/t25-/m0/s1. The summed E-state index contributed by atoms with van der Waals surface area (Å²) in [6.07, 6.45) is 4.20. The van der Waals surface area contributed by atoms with Crippen LogP contribution in [0.1, 0.15) is 11.1 Å². The average Bonchev–Trinajstić information content (AvgIpc) is 3.42. The molecule has 35 heavy (non-hydrogen) atoms. The summed E-state index contributed by atoms with van der Waals surface area (Å²) in [6.45, 7) is 2.01. The van der Waals surface area contributed by atoms with E-state index < -0.39 is 22.0 Å². The number of carbonyl (C=O) groups excluding carboxylic acids is 1. The lowest BCUT2D eigenvalue weighted by Gasteiger charge is -2.34. The van der Waals surface area contributed by atoms with Gasteiger partial charge in [-0.05, 0) is 42.8 Å². The number of rotatable bonds is 6. The summed E-state index contributed by atoms with van der Waals surface area (Å²) < 4.78 is 36.1. The van der Waals surface area contributed by atoms with Gasteiger partial charge in [0.1, 0.15) is 5.75 Å². The fraction of sp³-hybridized carbons (Fsp3) is 0.154. The zero-order valence-electron chi connectivity index (χ0n) is 19.0. The van der Waals surface area contributed by atoms with Crippen molar-refractivity contribution in [1.82, 2.24) is 14.9 Å². The van der Waals surface area contributed by atoms with E-state index in [1.165, 1.54) is 4.31 Å². The van der Waals surface area contributed by atoms with Crippen LogP contribution in [-0.4, -0.2) is 36.5 Å². The maximum absolute atomic E-state index is 13.5. The normalized spacial score (nSPS) is 15.2. The van der Waals surface area contributed by atoms with E-state index in [9.17, 15) is 13.2 Å². The first-order valence-corrected chi connectivity index (χ1v) is 12.6. The van der Waals surface area contributed by atoms with E-state index in [1.54, 1.807) is 61.1 Å². The third-order valence-electron chi connectivity index (χ3n) is 5.86. The van der Waals surface area contributed by atoms with Crippen LogP contribution >= 0.6 is 0 Å². The van der Waals surface area contributed by atoms with Crippen LogP contribution in [0.25, 0.3) is 5.69 Å². The van der Waals surface area contributed by atoms with Gasteiger partial charge in [-0.15, -0.1) is 0 Å². The summed E-state index contributed by atoms with van der Waals surface area (Å²) in [5.41, 5.74) is 3.14. The monoisotopic (exact) mass is 488 g/mol. The zero-order chi connectivity index (χ0) is 24.4. The Morgan fingerprint density at radius 2 is 1.74 bits per heavy atom. The lowest BCUT2D eigenvalue weighted by molar-refractivity contribution is -0.127. The number of hydrogen-bond donors (Lipinski definition) is 1. The van der Waals surface area contributed by atoms with Crippen LogP contribution in [0.15, 0.2) is 96.4 Å². The van der Waals surface area contributed by atoms with Crippen molar-refractivity contribution >= 4 is 21.6 Å². The fourth-order valence-corrected chi connectivity index (χ4v) is 5.49. The highest BCUT2D eigenvalue weighted by Gasteiger charge is 2.37. The molecular weight excluding hydrogens is 464 g/mol. The van der Waals surface area contributed by atoms with Crippen molar-refractivity contribution < 1.29 is 17.9 Å². The summed E-state index contributed by atoms with van der Waals surface area (Å²) in [6, 6.07) is 21.1. The number of ether oxygens (including phenoxy) is 1. The third-order valence-corrected chi connectivity index (χ3v) is 7.66. The second-order valence-electron chi connectivity index (χ2n) is 8.24. The largest absolute Gasteiger partial charge is 0.476 e. The predicted octanol–water partition coefficient (Wildman–Crippen LogP) is 3.45. The Morgan fingerprint density at radius 3 is 2.49 bits per heavy atom. The Labute approximate surface area is 203 Å². The van der Waals surface area contributed by atoms with Gasteiger partial charge >= 0.3 is 0 Å². The van der Waals surface area contributed by atoms with E-state index >= 15 is 0 Å². The summed E-state index contributed by atoms with van der Waals surface area (Å²) in [5, 5.41) is 2.90. The Kier molecular flexibility index (Phi) is 6.00. The molecule has 5 rings (SSSR count). The summed E-state index contributed by atoms with van der Waals surface area (Å²) >= 11 is 0. The molecule has 0 aliphatic carbocycles. The molecule has 3 aromatic carbocycles. The van der Waals surface area contributed by atoms with E-state index in [1.807, 2.05) is 42.0 Å². The molecule has 9 heteroatoms. The third kappa shape index (κ3) is 4.50. The summed E-state index contributed by atoms with van der Waals surface area (Å²) in [5.74, 6) is -0.0579. The zero-order valence-corrected chi connectivity index (χ0v) is 19.9. The first-order valence-electron chi connectivity index (χ1n) is 11.1. The van der Waals surface area contributed by atoms with Crippen molar-refractivity contribution in [3.8, 4) is 11.4 Å². The van der Waals surface area contributed by atoms with Crippen molar-refractivity contribution in [2.45, 2.75) is 24.5 Å². The Hall–Kier alpha value is -4.11. The van der Waals surface area contributed by atoms with E-state index in [-0.39, 0.29) is 18.0 Å². The SMILES string of the molecule is Cc1ccc(S(=O)(=O)N2C[C@@H](C(=O)NCc3ccccc3-n3ccnc3)Oc3ccccc32)cc1. The van der Waals surface area contributed by atoms with Crippen LogP contribution in [0.2, 0.25) is 0 Å². The molecule has 0 bridgehead atoms. The second-order valence-corrected chi connectivity index (χ2v) is 10.1.